The molecule has 1 aromatic rings. The molecule has 1 saturated carbocycles. The van der Waals surface area contributed by atoms with Gasteiger partial charge in [0.2, 0.25) is 0 Å². The summed E-state index contributed by atoms with van der Waals surface area (Å²) in [4.78, 5) is 0. The van der Waals surface area contributed by atoms with E-state index in [0.717, 1.165) is 18.0 Å². The van der Waals surface area contributed by atoms with Crippen molar-refractivity contribution in [1.29, 1.82) is 0 Å². The number of halogens is 1. The van der Waals surface area contributed by atoms with Crippen LogP contribution in [0.3, 0.4) is 0 Å². The van der Waals surface area contributed by atoms with E-state index in [1.807, 2.05) is 12.1 Å². The molecule has 2 N–H and O–H groups in total. The van der Waals surface area contributed by atoms with Gasteiger partial charge in [0.25, 0.3) is 0 Å². The van der Waals surface area contributed by atoms with Gasteiger partial charge in [-0.05, 0) is 54.8 Å². The first-order chi connectivity index (χ1) is 8.94. The molecule has 106 valence electrons. The molecule has 0 heterocycles. The fourth-order valence-electron chi connectivity index (χ4n) is 3.69. The zero-order chi connectivity index (χ0) is 14.1. The van der Waals surface area contributed by atoms with E-state index < -0.39 is 0 Å². The number of benzene rings is 1. The van der Waals surface area contributed by atoms with Gasteiger partial charge in [0.1, 0.15) is 0 Å². The summed E-state index contributed by atoms with van der Waals surface area (Å²) in [6, 6.07) is 8.50. The molecule has 0 amide bonds. The van der Waals surface area contributed by atoms with E-state index in [2.05, 4.69) is 32.9 Å². The van der Waals surface area contributed by atoms with Crippen molar-refractivity contribution in [1.82, 2.24) is 0 Å². The van der Waals surface area contributed by atoms with Crippen LogP contribution in [0.5, 0.6) is 0 Å². The molecular weight excluding hydrogens is 254 g/mol. The Labute approximate surface area is 122 Å². The van der Waals surface area contributed by atoms with Crippen molar-refractivity contribution < 1.29 is 0 Å². The molecule has 1 aromatic carbocycles. The van der Waals surface area contributed by atoms with Gasteiger partial charge in [-0.1, -0.05) is 50.9 Å². The van der Waals surface area contributed by atoms with E-state index in [1.165, 1.54) is 24.8 Å². The minimum absolute atomic E-state index is 0.276. The zero-order valence-electron chi connectivity index (χ0n) is 12.4. The summed E-state index contributed by atoms with van der Waals surface area (Å²) in [5, 5.41) is 0.825. The lowest BCUT2D eigenvalue weighted by atomic mass is 9.48. The first-order valence-corrected chi connectivity index (χ1v) is 7.78. The van der Waals surface area contributed by atoms with E-state index in [9.17, 15) is 0 Å². The standard InChI is InChI=1S/C17H26ClN/c1-13(9-12-19)16(2,3)17(10-4-11-17)14-5-7-15(18)8-6-14/h5-8,13H,4,9-12,19H2,1-3H3. The smallest absolute Gasteiger partial charge is 0.0406 e. The van der Waals surface area contributed by atoms with Gasteiger partial charge in [-0.2, -0.15) is 0 Å². The SMILES string of the molecule is CC(CCN)C(C)(C)C1(c2ccc(Cl)cc2)CCC1. The number of rotatable bonds is 5. The Morgan fingerprint density at radius 3 is 2.26 bits per heavy atom. The van der Waals surface area contributed by atoms with Gasteiger partial charge in [-0.25, -0.2) is 0 Å². The molecule has 1 atom stereocenters. The molecule has 2 rings (SSSR count). The maximum absolute atomic E-state index is 6.03. The van der Waals surface area contributed by atoms with Crippen LogP contribution in [0.2, 0.25) is 5.02 Å². The summed E-state index contributed by atoms with van der Waals surface area (Å²) in [6.45, 7) is 7.96. The lowest BCUT2D eigenvalue weighted by molar-refractivity contribution is 0.0178. The van der Waals surface area contributed by atoms with Crippen LogP contribution in [-0.2, 0) is 5.41 Å². The molecule has 0 aliphatic heterocycles. The Kier molecular flexibility index (Phi) is 4.27. The van der Waals surface area contributed by atoms with Crippen molar-refractivity contribution in [3.8, 4) is 0 Å². The summed E-state index contributed by atoms with van der Waals surface area (Å²) in [6.07, 6.45) is 5.01. The summed E-state index contributed by atoms with van der Waals surface area (Å²) >= 11 is 6.03. The minimum Gasteiger partial charge on any atom is -0.330 e. The number of nitrogens with two attached hydrogens (primary N) is 1. The Morgan fingerprint density at radius 2 is 1.84 bits per heavy atom. The Hall–Kier alpha value is -0.530. The monoisotopic (exact) mass is 279 g/mol. The second kappa shape index (κ2) is 5.46. The quantitative estimate of drug-likeness (QED) is 0.825. The molecule has 19 heavy (non-hydrogen) atoms. The topological polar surface area (TPSA) is 26.0 Å². The zero-order valence-corrected chi connectivity index (χ0v) is 13.1. The summed E-state index contributed by atoms with van der Waals surface area (Å²) < 4.78 is 0. The maximum Gasteiger partial charge on any atom is 0.0406 e. The molecule has 1 aliphatic rings. The maximum atomic E-state index is 6.03. The highest BCUT2D eigenvalue weighted by Gasteiger charge is 2.52. The first-order valence-electron chi connectivity index (χ1n) is 7.40. The predicted molar refractivity (Wildman–Crippen MR) is 83.6 cm³/mol. The number of hydrogen-bond acceptors (Lipinski definition) is 1. The van der Waals surface area contributed by atoms with E-state index in [0.29, 0.717) is 11.3 Å². The van der Waals surface area contributed by atoms with Crippen LogP contribution in [0.4, 0.5) is 0 Å². The van der Waals surface area contributed by atoms with E-state index >= 15 is 0 Å². The van der Waals surface area contributed by atoms with Gasteiger partial charge in [0, 0.05) is 10.4 Å². The summed E-state index contributed by atoms with van der Waals surface area (Å²) in [5.41, 5.74) is 7.81. The Balaban J connectivity index is 2.34. The van der Waals surface area contributed by atoms with Gasteiger partial charge in [0.05, 0.1) is 0 Å². The van der Waals surface area contributed by atoms with Crippen molar-refractivity contribution >= 4 is 11.6 Å². The molecule has 1 aliphatic carbocycles. The van der Waals surface area contributed by atoms with Gasteiger partial charge in [0.15, 0.2) is 0 Å². The lowest BCUT2D eigenvalue weighted by Crippen LogP contribution is -2.51. The molecule has 1 nitrogen and oxygen atoms in total. The average molecular weight is 280 g/mol. The van der Waals surface area contributed by atoms with Crippen LogP contribution in [0.25, 0.3) is 0 Å². The van der Waals surface area contributed by atoms with Gasteiger partial charge in [-0.15, -0.1) is 0 Å². The fourth-order valence-corrected chi connectivity index (χ4v) is 3.81. The molecule has 0 saturated heterocycles. The van der Waals surface area contributed by atoms with Crippen LogP contribution < -0.4 is 5.73 Å². The minimum atomic E-state index is 0.276. The van der Waals surface area contributed by atoms with Crippen LogP contribution in [0.15, 0.2) is 24.3 Å². The highest BCUT2D eigenvalue weighted by atomic mass is 35.5. The first kappa shape index (κ1) is 14.9. The summed E-state index contributed by atoms with van der Waals surface area (Å²) in [5.74, 6) is 0.633. The molecular formula is C17H26ClN. The highest BCUT2D eigenvalue weighted by Crippen LogP contribution is 2.58. The molecule has 1 fully saturated rings. The third-order valence-corrected chi connectivity index (χ3v) is 5.92. The molecule has 0 radical (unpaired) electrons. The normalized spacial score (nSPS) is 19.8. The second-order valence-corrected chi connectivity index (χ2v) is 7.08. The molecule has 2 heteroatoms. The molecule has 0 aromatic heterocycles. The summed E-state index contributed by atoms with van der Waals surface area (Å²) in [7, 11) is 0. The predicted octanol–water partition coefficient (Wildman–Crippen LogP) is 4.77. The Bertz CT molecular complexity index is 417. The third-order valence-electron chi connectivity index (χ3n) is 5.67. The molecule has 1 unspecified atom stereocenters. The van der Waals surface area contributed by atoms with Gasteiger partial charge in [-0.3, -0.25) is 0 Å². The van der Waals surface area contributed by atoms with Crippen molar-refractivity contribution in [3.05, 3.63) is 34.9 Å². The lowest BCUT2D eigenvalue weighted by Gasteiger charge is -2.56. The molecule has 0 spiro atoms. The van der Waals surface area contributed by atoms with Crippen molar-refractivity contribution in [2.24, 2.45) is 17.1 Å². The average Bonchev–Trinajstić information content (AvgIpc) is 2.30. The van der Waals surface area contributed by atoms with Crippen LogP contribution >= 0.6 is 11.6 Å². The van der Waals surface area contributed by atoms with Gasteiger partial charge < -0.3 is 5.73 Å². The van der Waals surface area contributed by atoms with Gasteiger partial charge >= 0.3 is 0 Å². The van der Waals surface area contributed by atoms with E-state index in [1.54, 1.807) is 0 Å². The number of hydrogen-bond donors (Lipinski definition) is 1. The van der Waals surface area contributed by atoms with E-state index in [-0.39, 0.29) is 5.41 Å². The highest BCUT2D eigenvalue weighted by molar-refractivity contribution is 6.30. The van der Waals surface area contributed by atoms with Crippen molar-refractivity contribution in [2.75, 3.05) is 6.54 Å². The van der Waals surface area contributed by atoms with Crippen LogP contribution in [-0.4, -0.2) is 6.54 Å². The van der Waals surface area contributed by atoms with E-state index in [4.69, 9.17) is 17.3 Å². The Morgan fingerprint density at radius 1 is 1.26 bits per heavy atom. The van der Waals surface area contributed by atoms with Crippen LogP contribution in [0, 0.1) is 11.3 Å². The van der Waals surface area contributed by atoms with Crippen molar-refractivity contribution in [2.45, 2.75) is 51.9 Å². The second-order valence-electron chi connectivity index (χ2n) is 6.64. The van der Waals surface area contributed by atoms with Crippen LogP contribution in [0.1, 0.15) is 52.0 Å². The van der Waals surface area contributed by atoms with Crippen molar-refractivity contribution in [3.63, 3.8) is 0 Å². The molecule has 0 bridgehead atoms. The third kappa shape index (κ3) is 2.43. The fraction of sp³-hybridized carbons (Fsp3) is 0.647. The largest absolute Gasteiger partial charge is 0.330 e.